The van der Waals surface area contributed by atoms with Gasteiger partial charge in [-0.2, -0.15) is 30.3 Å². The third kappa shape index (κ3) is 6.57. The largest absolute Gasteiger partial charge is 2.00 e. The standard InChI is InChI=1S/C16H18N.BrH.Mg/c1-2-17(13-15-9-5-3-6-10-15)14-16-11-7-4-8-12-16;;/h3-11H,2,13-14H2,1H3;1H;/q-1;;+2/p-1. The average Bonchev–Trinajstić information content (AvgIpc) is 2.40. The summed E-state index contributed by atoms with van der Waals surface area (Å²) in [5.74, 6) is 0. The van der Waals surface area contributed by atoms with Gasteiger partial charge in [0.25, 0.3) is 0 Å². The number of rotatable bonds is 5. The molecule has 0 heterocycles. The van der Waals surface area contributed by atoms with Crippen LogP contribution in [0.25, 0.3) is 0 Å². The Bertz CT molecular complexity index is 392. The van der Waals surface area contributed by atoms with E-state index in [2.05, 4.69) is 60.4 Å². The number of halogens is 1. The first-order chi connectivity index (χ1) is 8.38. The van der Waals surface area contributed by atoms with Crippen LogP contribution in [0.2, 0.25) is 0 Å². The summed E-state index contributed by atoms with van der Waals surface area (Å²) in [6, 6.07) is 22.1. The molecule has 19 heavy (non-hydrogen) atoms. The number of hydrogen-bond acceptors (Lipinski definition) is 1. The molecule has 0 spiro atoms. The number of hydrogen-bond donors (Lipinski definition) is 0. The molecule has 0 bridgehead atoms. The Balaban J connectivity index is 0.00000162. The monoisotopic (exact) mass is 327 g/mol. The Morgan fingerprint density at radius 1 is 0.947 bits per heavy atom. The van der Waals surface area contributed by atoms with E-state index in [1.807, 2.05) is 12.1 Å². The van der Waals surface area contributed by atoms with E-state index in [1.54, 1.807) is 0 Å². The van der Waals surface area contributed by atoms with Gasteiger partial charge in [-0.25, -0.2) is 0 Å². The third-order valence-electron chi connectivity index (χ3n) is 2.86. The molecule has 3 heteroatoms. The summed E-state index contributed by atoms with van der Waals surface area (Å²) in [5.41, 5.74) is 2.62. The van der Waals surface area contributed by atoms with E-state index in [4.69, 9.17) is 0 Å². The van der Waals surface area contributed by atoms with Gasteiger partial charge in [-0.15, -0.1) is 5.56 Å². The molecule has 1 nitrogen and oxygen atoms in total. The molecule has 0 aliphatic rings. The van der Waals surface area contributed by atoms with Crippen LogP contribution in [0.5, 0.6) is 0 Å². The van der Waals surface area contributed by atoms with E-state index < -0.39 is 0 Å². The van der Waals surface area contributed by atoms with Crippen LogP contribution in [0.15, 0.2) is 54.6 Å². The van der Waals surface area contributed by atoms with Gasteiger partial charge in [0.15, 0.2) is 0 Å². The summed E-state index contributed by atoms with van der Waals surface area (Å²) in [6.45, 7) is 5.22. The van der Waals surface area contributed by atoms with Crippen LogP contribution in [0.4, 0.5) is 0 Å². The van der Waals surface area contributed by atoms with Crippen molar-refractivity contribution in [1.82, 2.24) is 4.90 Å². The minimum atomic E-state index is 0. The van der Waals surface area contributed by atoms with E-state index in [0.717, 1.165) is 19.6 Å². The molecule has 0 saturated heterocycles. The molecule has 0 amide bonds. The molecular formula is C16H18BrMgN. The van der Waals surface area contributed by atoms with Crippen LogP contribution in [-0.2, 0) is 13.1 Å². The van der Waals surface area contributed by atoms with E-state index >= 15 is 0 Å². The van der Waals surface area contributed by atoms with E-state index in [-0.39, 0.29) is 40.0 Å². The molecule has 0 aliphatic heterocycles. The van der Waals surface area contributed by atoms with Crippen molar-refractivity contribution in [2.75, 3.05) is 6.54 Å². The van der Waals surface area contributed by atoms with Crippen LogP contribution in [0.1, 0.15) is 18.1 Å². The molecule has 2 aromatic rings. The van der Waals surface area contributed by atoms with Gasteiger partial charge < -0.3 is 17.0 Å². The van der Waals surface area contributed by atoms with Gasteiger partial charge in [-0.1, -0.05) is 37.3 Å². The van der Waals surface area contributed by atoms with E-state index in [0.29, 0.717) is 0 Å². The van der Waals surface area contributed by atoms with Crippen molar-refractivity contribution in [3.63, 3.8) is 0 Å². The van der Waals surface area contributed by atoms with E-state index in [9.17, 15) is 0 Å². The van der Waals surface area contributed by atoms with Crippen molar-refractivity contribution < 1.29 is 17.0 Å². The summed E-state index contributed by atoms with van der Waals surface area (Å²) in [5, 5.41) is 0. The maximum absolute atomic E-state index is 3.28. The zero-order chi connectivity index (χ0) is 11.9. The fraction of sp³-hybridized carbons (Fsp3) is 0.250. The second-order valence-electron chi connectivity index (χ2n) is 4.18. The van der Waals surface area contributed by atoms with Crippen molar-refractivity contribution in [2.24, 2.45) is 0 Å². The first-order valence-corrected chi connectivity index (χ1v) is 6.10. The molecule has 0 aromatic heterocycles. The summed E-state index contributed by atoms with van der Waals surface area (Å²) in [7, 11) is 0. The molecule has 96 valence electrons. The second-order valence-corrected chi connectivity index (χ2v) is 4.18. The van der Waals surface area contributed by atoms with Gasteiger partial charge in [0.1, 0.15) is 0 Å². The van der Waals surface area contributed by atoms with Gasteiger partial charge in [0.05, 0.1) is 0 Å². The van der Waals surface area contributed by atoms with Gasteiger partial charge in [0, 0.05) is 13.1 Å². The van der Waals surface area contributed by atoms with Crippen molar-refractivity contribution in [3.05, 3.63) is 71.8 Å². The Kier molecular flexibility index (Phi) is 10.2. The number of nitrogens with zero attached hydrogens (tertiary/aromatic N) is 1. The summed E-state index contributed by atoms with van der Waals surface area (Å²) >= 11 is 0. The third-order valence-corrected chi connectivity index (χ3v) is 2.86. The number of benzene rings is 2. The van der Waals surface area contributed by atoms with E-state index in [1.165, 1.54) is 11.1 Å². The van der Waals surface area contributed by atoms with Crippen LogP contribution >= 0.6 is 0 Å². The Morgan fingerprint density at radius 2 is 1.63 bits per heavy atom. The maximum atomic E-state index is 3.28. The fourth-order valence-corrected chi connectivity index (χ4v) is 1.89. The quantitative estimate of drug-likeness (QED) is 0.557. The summed E-state index contributed by atoms with van der Waals surface area (Å²) < 4.78 is 0. The molecule has 2 aromatic carbocycles. The molecule has 0 saturated carbocycles. The SMILES string of the molecule is CCN(Cc1[c-]cccc1)Cc1ccccc1.[Br-].[Mg+2]. The van der Waals surface area contributed by atoms with Crippen molar-refractivity contribution in [2.45, 2.75) is 20.0 Å². The predicted octanol–water partition coefficient (Wildman–Crippen LogP) is 0.132. The van der Waals surface area contributed by atoms with Crippen LogP contribution in [0.3, 0.4) is 0 Å². The van der Waals surface area contributed by atoms with Crippen LogP contribution in [-0.4, -0.2) is 34.5 Å². The molecular weight excluding hydrogens is 310 g/mol. The molecule has 0 N–H and O–H groups in total. The van der Waals surface area contributed by atoms with Crippen molar-refractivity contribution in [3.8, 4) is 0 Å². The van der Waals surface area contributed by atoms with Gasteiger partial charge in [-0.3, -0.25) is 4.90 Å². The van der Waals surface area contributed by atoms with Gasteiger partial charge in [0.2, 0.25) is 0 Å². The van der Waals surface area contributed by atoms with Crippen LogP contribution < -0.4 is 17.0 Å². The van der Waals surface area contributed by atoms with Crippen LogP contribution in [0, 0.1) is 6.07 Å². The minimum Gasteiger partial charge on any atom is -1.00 e. The smallest absolute Gasteiger partial charge is 1.00 e. The second kappa shape index (κ2) is 10.4. The molecule has 0 aliphatic carbocycles. The van der Waals surface area contributed by atoms with Crippen molar-refractivity contribution >= 4 is 23.1 Å². The fourth-order valence-electron chi connectivity index (χ4n) is 1.89. The zero-order valence-corrected chi connectivity index (χ0v) is 14.3. The first kappa shape index (κ1) is 18.6. The first-order valence-electron chi connectivity index (χ1n) is 6.10. The Morgan fingerprint density at radius 3 is 2.21 bits per heavy atom. The normalized spacial score (nSPS) is 9.58. The Hall–Kier alpha value is -0.354. The zero-order valence-electron chi connectivity index (χ0n) is 11.3. The van der Waals surface area contributed by atoms with Gasteiger partial charge in [-0.05, 0) is 12.1 Å². The van der Waals surface area contributed by atoms with Gasteiger partial charge >= 0.3 is 23.1 Å². The molecule has 0 unspecified atom stereocenters. The Labute approximate surface area is 142 Å². The average molecular weight is 329 g/mol. The maximum Gasteiger partial charge on any atom is 2.00 e. The molecule has 0 atom stereocenters. The predicted molar refractivity (Wildman–Crippen MR) is 77.3 cm³/mol. The topological polar surface area (TPSA) is 3.24 Å². The summed E-state index contributed by atoms with van der Waals surface area (Å²) in [4.78, 5) is 2.42. The molecule has 0 radical (unpaired) electrons. The molecule has 0 fully saturated rings. The van der Waals surface area contributed by atoms with Crippen molar-refractivity contribution in [1.29, 1.82) is 0 Å². The summed E-state index contributed by atoms with van der Waals surface area (Å²) in [6.07, 6.45) is 0. The molecule has 2 rings (SSSR count). The minimum absolute atomic E-state index is 0.